The van der Waals surface area contributed by atoms with Crippen molar-refractivity contribution in [3.8, 4) is 5.69 Å². The molecule has 0 aliphatic rings. The average Bonchev–Trinajstić information content (AvgIpc) is 2.98. The molecule has 25 heavy (non-hydrogen) atoms. The highest BCUT2D eigenvalue weighted by molar-refractivity contribution is 6.03. The molecule has 3 aromatic rings. The van der Waals surface area contributed by atoms with Gasteiger partial charge in [0.1, 0.15) is 5.82 Å². The number of hydrogen-bond donors (Lipinski definition) is 2. The molecular weight excluding hydrogens is 323 g/mol. The van der Waals surface area contributed by atoms with Crippen LogP contribution in [-0.4, -0.2) is 26.0 Å². The van der Waals surface area contributed by atoms with Crippen LogP contribution in [0.15, 0.2) is 48.5 Å². The van der Waals surface area contributed by atoms with Crippen LogP contribution in [-0.2, 0) is 0 Å². The van der Waals surface area contributed by atoms with Gasteiger partial charge in [-0.3, -0.25) is 4.79 Å². The van der Waals surface area contributed by atoms with Crippen LogP contribution in [0, 0.1) is 12.7 Å². The van der Waals surface area contributed by atoms with E-state index in [4.69, 9.17) is 0 Å². The first-order chi connectivity index (χ1) is 12.0. The molecule has 6 nitrogen and oxygen atoms in total. The van der Waals surface area contributed by atoms with Gasteiger partial charge in [0, 0.05) is 5.69 Å². The molecule has 0 unspecified atom stereocenters. The highest BCUT2D eigenvalue weighted by atomic mass is 19.1. The Balaban J connectivity index is 1.80. The van der Waals surface area contributed by atoms with E-state index >= 15 is 0 Å². The maximum Gasteiger partial charge on any atom is 0.278 e. The minimum atomic E-state index is -0.567. The Morgan fingerprint density at radius 1 is 1.16 bits per heavy atom. The summed E-state index contributed by atoms with van der Waals surface area (Å²) in [5.41, 5.74) is 2.70. The van der Waals surface area contributed by atoms with Crippen molar-refractivity contribution < 1.29 is 14.3 Å². The molecule has 7 heteroatoms. The van der Waals surface area contributed by atoms with Crippen LogP contribution in [0.3, 0.4) is 0 Å². The number of halogens is 1. The zero-order chi connectivity index (χ0) is 18.0. The SMILES string of the molecule is Cc1c(C(=O)Nc2ccc([C@H](C)O)cc2)nnn1-c1ccc(F)cc1. The quantitative estimate of drug-likeness (QED) is 0.765. The summed E-state index contributed by atoms with van der Waals surface area (Å²) in [5, 5.41) is 20.1. The second-order valence-corrected chi connectivity index (χ2v) is 5.66. The van der Waals surface area contributed by atoms with E-state index in [0.29, 0.717) is 17.1 Å². The molecule has 2 aromatic carbocycles. The molecule has 1 heterocycles. The van der Waals surface area contributed by atoms with Gasteiger partial charge >= 0.3 is 0 Å². The lowest BCUT2D eigenvalue weighted by Gasteiger charge is -2.07. The van der Waals surface area contributed by atoms with Gasteiger partial charge in [0.2, 0.25) is 0 Å². The molecule has 0 saturated carbocycles. The standard InChI is InChI=1S/C18H17FN4O2/c1-11-17(21-22-23(11)16-9-5-14(19)6-10-16)18(25)20-15-7-3-13(4-8-15)12(2)24/h3-10,12,24H,1-2H3,(H,20,25)/t12-/m0/s1. The number of amides is 1. The lowest BCUT2D eigenvalue weighted by Crippen LogP contribution is -2.14. The second-order valence-electron chi connectivity index (χ2n) is 5.66. The van der Waals surface area contributed by atoms with Gasteiger partial charge in [0.25, 0.3) is 5.91 Å². The van der Waals surface area contributed by atoms with Crippen molar-refractivity contribution in [1.82, 2.24) is 15.0 Å². The molecule has 128 valence electrons. The number of aliphatic hydroxyl groups excluding tert-OH is 1. The van der Waals surface area contributed by atoms with Crippen LogP contribution in [0.25, 0.3) is 5.69 Å². The van der Waals surface area contributed by atoms with Crippen molar-refractivity contribution in [2.75, 3.05) is 5.32 Å². The number of nitrogens with one attached hydrogen (secondary N) is 1. The largest absolute Gasteiger partial charge is 0.389 e. The van der Waals surface area contributed by atoms with Crippen LogP contribution in [0.2, 0.25) is 0 Å². The minimum Gasteiger partial charge on any atom is -0.389 e. The van der Waals surface area contributed by atoms with Gasteiger partial charge in [-0.15, -0.1) is 5.10 Å². The second kappa shape index (κ2) is 6.82. The summed E-state index contributed by atoms with van der Waals surface area (Å²) in [6.07, 6.45) is -0.567. The Hall–Kier alpha value is -3.06. The number of rotatable bonds is 4. The highest BCUT2D eigenvalue weighted by Gasteiger charge is 2.17. The lowest BCUT2D eigenvalue weighted by atomic mass is 10.1. The van der Waals surface area contributed by atoms with Gasteiger partial charge in [0.15, 0.2) is 5.69 Å². The number of aromatic nitrogens is 3. The molecule has 0 saturated heterocycles. The molecule has 1 amide bonds. The molecule has 1 aromatic heterocycles. The maximum atomic E-state index is 13.0. The summed E-state index contributed by atoms with van der Waals surface area (Å²) in [7, 11) is 0. The van der Waals surface area contributed by atoms with Crippen LogP contribution in [0.5, 0.6) is 0 Å². The van der Waals surface area contributed by atoms with Gasteiger partial charge in [-0.2, -0.15) is 0 Å². The van der Waals surface area contributed by atoms with Crippen molar-refractivity contribution >= 4 is 11.6 Å². The molecule has 0 aliphatic carbocycles. The fourth-order valence-electron chi connectivity index (χ4n) is 2.40. The normalized spacial score (nSPS) is 12.0. The number of nitrogens with zero attached hydrogens (tertiary/aromatic N) is 3. The minimum absolute atomic E-state index is 0.184. The van der Waals surface area contributed by atoms with Crippen molar-refractivity contribution in [3.05, 3.63) is 71.3 Å². The van der Waals surface area contributed by atoms with E-state index in [9.17, 15) is 14.3 Å². The first-order valence-electron chi connectivity index (χ1n) is 7.73. The van der Waals surface area contributed by atoms with E-state index in [1.54, 1.807) is 50.2 Å². The van der Waals surface area contributed by atoms with Gasteiger partial charge in [-0.1, -0.05) is 17.3 Å². The number of aliphatic hydroxyl groups is 1. The molecule has 1 atom stereocenters. The van der Waals surface area contributed by atoms with E-state index in [0.717, 1.165) is 5.56 Å². The maximum absolute atomic E-state index is 13.0. The van der Waals surface area contributed by atoms with Crippen LogP contribution in [0.4, 0.5) is 10.1 Å². The van der Waals surface area contributed by atoms with Gasteiger partial charge in [-0.05, 0) is 55.8 Å². The first-order valence-corrected chi connectivity index (χ1v) is 7.73. The average molecular weight is 340 g/mol. The Morgan fingerprint density at radius 2 is 1.80 bits per heavy atom. The molecule has 0 spiro atoms. The third kappa shape index (κ3) is 3.56. The zero-order valence-electron chi connectivity index (χ0n) is 13.8. The summed E-state index contributed by atoms with van der Waals surface area (Å²) in [5.74, 6) is -0.740. The van der Waals surface area contributed by atoms with Crippen molar-refractivity contribution in [1.29, 1.82) is 0 Å². The Bertz CT molecular complexity index is 886. The molecule has 0 fully saturated rings. The first kappa shape index (κ1) is 16.8. The van der Waals surface area contributed by atoms with Crippen molar-refractivity contribution in [2.45, 2.75) is 20.0 Å². The molecule has 0 radical (unpaired) electrons. The summed E-state index contributed by atoms with van der Waals surface area (Å²) in [6.45, 7) is 3.39. The molecule has 0 aliphatic heterocycles. The Kier molecular flexibility index (Phi) is 4.58. The number of hydrogen-bond acceptors (Lipinski definition) is 4. The predicted molar refractivity (Wildman–Crippen MR) is 91.1 cm³/mol. The lowest BCUT2D eigenvalue weighted by molar-refractivity contribution is 0.102. The molecule has 2 N–H and O–H groups in total. The Morgan fingerprint density at radius 3 is 2.40 bits per heavy atom. The van der Waals surface area contributed by atoms with Gasteiger partial charge in [-0.25, -0.2) is 9.07 Å². The monoisotopic (exact) mass is 340 g/mol. The summed E-state index contributed by atoms with van der Waals surface area (Å²) < 4.78 is 14.5. The zero-order valence-corrected chi connectivity index (χ0v) is 13.8. The number of anilines is 1. The predicted octanol–water partition coefficient (Wildman–Crippen LogP) is 3.02. The van der Waals surface area contributed by atoms with Crippen molar-refractivity contribution in [3.63, 3.8) is 0 Å². The van der Waals surface area contributed by atoms with Gasteiger partial charge in [0.05, 0.1) is 17.5 Å². The molecule has 0 bridgehead atoms. The van der Waals surface area contributed by atoms with Crippen LogP contribution >= 0.6 is 0 Å². The number of carbonyl (C=O) groups excluding carboxylic acids is 1. The van der Waals surface area contributed by atoms with Crippen LogP contribution < -0.4 is 5.32 Å². The summed E-state index contributed by atoms with van der Waals surface area (Å²) in [4.78, 5) is 12.4. The topological polar surface area (TPSA) is 80.0 Å². The van der Waals surface area contributed by atoms with E-state index < -0.39 is 12.0 Å². The smallest absolute Gasteiger partial charge is 0.278 e. The molecule has 3 rings (SSSR count). The van der Waals surface area contributed by atoms with E-state index in [2.05, 4.69) is 15.6 Å². The van der Waals surface area contributed by atoms with E-state index in [1.165, 1.54) is 16.8 Å². The Labute approximate surface area is 143 Å². The fourth-order valence-corrected chi connectivity index (χ4v) is 2.40. The van der Waals surface area contributed by atoms with Crippen molar-refractivity contribution in [2.24, 2.45) is 0 Å². The summed E-state index contributed by atoms with van der Waals surface area (Å²) >= 11 is 0. The fraction of sp³-hybridized carbons (Fsp3) is 0.167. The summed E-state index contributed by atoms with van der Waals surface area (Å²) in [6, 6.07) is 12.7. The van der Waals surface area contributed by atoms with Gasteiger partial charge < -0.3 is 10.4 Å². The molecular formula is C18H17FN4O2. The van der Waals surface area contributed by atoms with Crippen LogP contribution in [0.1, 0.15) is 34.8 Å². The third-order valence-electron chi connectivity index (χ3n) is 3.83. The third-order valence-corrected chi connectivity index (χ3v) is 3.83. The van der Waals surface area contributed by atoms with E-state index in [1.807, 2.05) is 0 Å². The number of carbonyl (C=O) groups is 1. The van der Waals surface area contributed by atoms with E-state index in [-0.39, 0.29) is 11.5 Å². The highest BCUT2D eigenvalue weighted by Crippen LogP contribution is 2.17. The number of benzene rings is 2.